The molecule has 1 aromatic rings. The van der Waals surface area contributed by atoms with E-state index in [2.05, 4.69) is 0 Å². The summed E-state index contributed by atoms with van der Waals surface area (Å²) in [6, 6.07) is 0. The van der Waals surface area contributed by atoms with Crippen LogP contribution in [0.25, 0.3) is 0 Å². The summed E-state index contributed by atoms with van der Waals surface area (Å²) in [5.74, 6) is -0.925. The van der Waals surface area contributed by atoms with Crippen molar-refractivity contribution in [3.05, 3.63) is 15.6 Å². The Balaban J connectivity index is 3.60. The summed E-state index contributed by atoms with van der Waals surface area (Å²) in [4.78, 5) is 25.1. The van der Waals surface area contributed by atoms with Gasteiger partial charge in [-0.05, 0) is 20.8 Å². The third-order valence-corrected chi connectivity index (χ3v) is 3.63. The maximum absolute atomic E-state index is 12.3. The maximum atomic E-state index is 12.3. The van der Waals surface area contributed by atoms with Crippen molar-refractivity contribution in [2.24, 2.45) is 5.73 Å². The van der Waals surface area contributed by atoms with Crippen molar-refractivity contribution in [1.82, 2.24) is 0 Å². The molecule has 0 spiro atoms. The fourth-order valence-corrected chi connectivity index (χ4v) is 2.79. The number of amides is 2. The smallest absolute Gasteiger partial charge is 0.414 e. The zero-order valence-electron chi connectivity index (χ0n) is 14.3. The molecule has 0 aliphatic rings. The van der Waals surface area contributed by atoms with Gasteiger partial charge in [0, 0.05) is 7.05 Å². The average molecular weight is 379 g/mol. The number of carbonyl (C=O) groups is 2. The van der Waals surface area contributed by atoms with Crippen LogP contribution in [0.2, 0.25) is 10.0 Å². The third kappa shape index (κ3) is 3.96. The summed E-state index contributed by atoms with van der Waals surface area (Å²) < 4.78 is 15.6. The number of anilines is 1. The van der Waals surface area contributed by atoms with Gasteiger partial charge in [0.2, 0.25) is 0 Å². The second kappa shape index (κ2) is 7.36. The molecule has 0 bridgehead atoms. The lowest BCUT2D eigenvalue weighted by molar-refractivity contribution is 0.0589. The predicted molar refractivity (Wildman–Crippen MR) is 92.7 cm³/mol. The molecular weight excluding hydrogens is 359 g/mol. The summed E-state index contributed by atoms with van der Waals surface area (Å²) in [6.45, 7) is 5.16. The minimum Gasteiger partial charge on any atom is -0.494 e. The maximum Gasteiger partial charge on any atom is 0.414 e. The Hall–Kier alpha value is -1.86. The van der Waals surface area contributed by atoms with Crippen molar-refractivity contribution in [1.29, 1.82) is 0 Å². The molecule has 24 heavy (non-hydrogen) atoms. The third-order valence-electron chi connectivity index (χ3n) is 2.93. The highest BCUT2D eigenvalue weighted by Gasteiger charge is 2.31. The van der Waals surface area contributed by atoms with Gasteiger partial charge in [-0.3, -0.25) is 9.69 Å². The normalized spacial score (nSPS) is 11.0. The first kappa shape index (κ1) is 20.2. The second-order valence-corrected chi connectivity index (χ2v) is 6.58. The highest BCUT2D eigenvalue weighted by Crippen LogP contribution is 2.49. The van der Waals surface area contributed by atoms with Gasteiger partial charge in [0.1, 0.15) is 21.2 Å². The van der Waals surface area contributed by atoms with Crippen LogP contribution in [-0.2, 0) is 4.74 Å². The lowest BCUT2D eigenvalue weighted by Gasteiger charge is -2.27. The summed E-state index contributed by atoms with van der Waals surface area (Å²) >= 11 is 12.6. The molecule has 1 aromatic carbocycles. The molecule has 0 aromatic heterocycles. The van der Waals surface area contributed by atoms with Crippen molar-refractivity contribution in [2.45, 2.75) is 26.4 Å². The molecule has 0 fully saturated rings. The Morgan fingerprint density at radius 2 is 1.46 bits per heavy atom. The molecule has 1 rings (SSSR count). The summed E-state index contributed by atoms with van der Waals surface area (Å²) in [7, 11) is 4.03. The molecule has 7 nitrogen and oxygen atoms in total. The number of nitrogens with two attached hydrogens (primary N) is 1. The predicted octanol–water partition coefficient (Wildman–Crippen LogP) is 3.48. The van der Waals surface area contributed by atoms with E-state index >= 15 is 0 Å². The van der Waals surface area contributed by atoms with Crippen LogP contribution < -0.4 is 20.1 Å². The summed E-state index contributed by atoms with van der Waals surface area (Å²) in [6.07, 6.45) is -0.692. The van der Waals surface area contributed by atoms with Crippen LogP contribution in [0.5, 0.6) is 11.5 Å². The topological polar surface area (TPSA) is 91.1 Å². The molecule has 0 radical (unpaired) electrons. The molecule has 0 saturated carbocycles. The molecule has 0 saturated heterocycles. The van der Waals surface area contributed by atoms with Gasteiger partial charge < -0.3 is 19.9 Å². The van der Waals surface area contributed by atoms with Gasteiger partial charge in [-0.2, -0.15) is 0 Å². The number of halogens is 2. The first-order chi connectivity index (χ1) is 11.0. The minimum atomic E-state index is -0.834. The van der Waals surface area contributed by atoms with Crippen LogP contribution in [0.3, 0.4) is 0 Å². The Bertz CT molecular complexity index is 640. The number of methoxy groups -OCH3 is 2. The number of nitrogens with zero attached hydrogens (tertiary/aromatic N) is 1. The largest absolute Gasteiger partial charge is 0.494 e. The molecular formula is C15H20Cl2N2O5. The van der Waals surface area contributed by atoms with E-state index in [9.17, 15) is 9.59 Å². The number of rotatable bonds is 4. The van der Waals surface area contributed by atoms with Crippen molar-refractivity contribution in [3.63, 3.8) is 0 Å². The van der Waals surface area contributed by atoms with E-state index < -0.39 is 17.6 Å². The minimum absolute atomic E-state index is 0.0455. The number of hydrogen-bond donors (Lipinski definition) is 1. The number of carbonyl (C=O) groups excluding carboxylic acids is 2. The zero-order chi connectivity index (χ0) is 18.8. The van der Waals surface area contributed by atoms with Gasteiger partial charge in [-0.15, -0.1) is 0 Å². The molecule has 0 aliphatic carbocycles. The van der Waals surface area contributed by atoms with E-state index in [-0.39, 0.29) is 32.8 Å². The first-order valence-electron chi connectivity index (χ1n) is 6.85. The van der Waals surface area contributed by atoms with Crippen LogP contribution in [0, 0.1) is 0 Å². The Morgan fingerprint density at radius 3 is 1.75 bits per heavy atom. The van der Waals surface area contributed by atoms with Crippen LogP contribution in [-0.4, -0.2) is 38.9 Å². The molecule has 0 atom stereocenters. The van der Waals surface area contributed by atoms with E-state index in [1.54, 1.807) is 20.8 Å². The molecule has 0 unspecified atom stereocenters. The molecule has 2 N–H and O–H groups in total. The van der Waals surface area contributed by atoms with E-state index in [1.807, 2.05) is 0 Å². The van der Waals surface area contributed by atoms with Gasteiger partial charge in [0.05, 0.1) is 19.9 Å². The second-order valence-electron chi connectivity index (χ2n) is 5.82. The number of primary amides is 1. The number of hydrogen-bond acceptors (Lipinski definition) is 5. The van der Waals surface area contributed by atoms with Gasteiger partial charge in [0.15, 0.2) is 11.5 Å². The van der Waals surface area contributed by atoms with E-state index in [0.717, 1.165) is 4.90 Å². The average Bonchev–Trinajstić information content (AvgIpc) is 2.44. The lowest BCUT2D eigenvalue weighted by Crippen LogP contribution is -2.34. The van der Waals surface area contributed by atoms with Gasteiger partial charge in [-0.25, -0.2) is 4.79 Å². The Labute approximate surface area is 150 Å². The molecule has 9 heteroatoms. The molecule has 134 valence electrons. The van der Waals surface area contributed by atoms with Crippen molar-refractivity contribution in [2.75, 3.05) is 26.2 Å². The monoisotopic (exact) mass is 378 g/mol. The SMILES string of the molecule is COc1c(Cl)c(N(C)C(=O)OC(C)(C)C)c(Cl)c(OC)c1C(N)=O. The van der Waals surface area contributed by atoms with E-state index in [0.29, 0.717) is 0 Å². The summed E-state index contributed by atoms with van der Waals surface area (Å²) in [5.41, 5.74) is 4.60. The quantitative estimate of drug-likeness (QED) is 0.865. The van der Waals surface area contributed by atoms with Gasteiger partial charge >= 0.3 is 6.09 Å². The Kier molecular flexibility index (Phi) is 6.19. The number of benzene rings is 1. The highest BCUT2D eigenvalue weighted by molar-refractivity contribution is 6.42. The molecule has 0 heterocycles. The van der Waals surface area contributed by atoms with E-state index in [4.69, 9.17) is 43.1 Å². The highest BCUT2D eigenvalue weighted by atomic mass is 35.5. The van der Waals surface area contributed by atoms with Crippen LogP contribution in [0.15, 0.2) is 0 Å². The standard InChI is InChI=1S/C15H20Cl2N2O5/c1-15(2,3)24-14(21)19(4)10-8(16)11(22-5)7(13(18)20)12(23-6)9(10)17/h1-6H3,(H2,18,20). The fraction of sp³-hybridized carbons (Fsp3) is 0.467. The van der Waals surface area contributed by atoms with Crippen molar-refractivity contribution < 1.29 is 23.8 Å². The van der Waals surface area contributed by atoms with Crippen LogP contribution in [0.4, 0.5) is 10.5 Å². The van der Waals surface area contributed by atoms with Gasteiger partial charge in [0.25, 0.3) is 5.91 Å². The first-order valence-corrected chi connectivity index (χ1v) is 7.61. The number of ether oxygens (including phenoxy) is 3. The fourth-order valence-electron chi connectivity index (χ4n) is 1.96. The zero-order valence-corrected chi connectivity index (χ0v) is 15.8. The molecule has 2 amide bonds. The van der Waals surface area contributed by atoms with Crippen LogP contribution >= 0.6 is 23.2 Å². The van der Waals surface area contributed by atoms with Crippen molar-refractivity contribution >= 4 is 40.9 Å². The summed E-state index contributed by atoms with van der Waals surface area (Å²) in [5, 5.41) is -0.129. The van der Waals surface area contributed by atoms with E-state index in [1.165, 1.54) is 21.3 Å². The lowest BCUT2D eigenvalue weighted by atomic mass is 10.1. The van der Waals surface area contributed by atoms with Crippen molar-refractivity contribution in [3.8, 4) is 11.5 Å². The van der Waals surface area contributed by atoms with Crippen LogP contribution in [0.1, 0.15) is 31.1 Å². The molecule has 0 aliphatic heterocycles. The Morgan fingerprint density at radius 1 is 1.04 bits per heavy atom. The van der Waals surface area contributed by atoms with Gasteiger partial charge in [-0.1, -0.05) is 23.2 Å².